The lowest BCUT2D eigenvalue weighted by atomic mass is 10.2. The molecule has 0 spiro atoms. The minimum absolute atomic E-state index is 0.0441. The second kappa shape index (κ2) is 11.9. The van der Waals surface area contributed by atoms with Gasteiger partial charge in [-0.15, -0.1) is 0 Å². The first-order valence-electron chi connectivity index (χ1n) is 10.0. The number of aromatic nitrogens is 1. The van der Waals surface area contributed by atoms with Crippen molar-refractivity contribution in [3.8, 4) is 34.6 Å². The SMILES string of the molecule is COc1cc(OCC=C(Cl)Cl)cc(OC)c1OCc1ccc(Oc2ccc(C(F)(F)F)cn2)cc1. The molecule has 0 N–H and O–H groups in total. The zero-order valence-corrected chi connectivity index (χ0v) is 20.1. The lowest BCUT2D eigenvalue weighted by molar-refractivity contribution is -0.137. The van der Waals surface area contributed by atoms with E-state index in [9.17, 15) is 13.2 Å². The van der Waals surface area contributed by atoms with Gasteiger partial charge in [0.2, 0.25) is 11.6 Å². The van der Waals surface area contributed by atoms with Crippen LogP contribution in [-0.2, 0) is 12.8 Å². The molecular weight excluding hydrogens is 510 g/mol. The van der Waals surface area contributed by atoms with E-state index in [1.807, 2.05) is 0 Å². The Hall–Kier alpha value is -3.30. The first-order chi connectivity index (χ1) is 16.7. The van der Waals surface area contributed by atoms with Gasteiger partial charge in [0, 0.05) is 24.4 Å². The Morgan fingerprint density at radius 2 is 1.57 bits per heavy atom. The van der Waals surface area contributed by atoms with Crippen LogP contribution in [0.15, 0.2) is 65.3 Å². The predicted molar refractivity (Wildman–Crippen MR) is 125 cm³/mol. The minimum atomic E-state index is -4.46. The molecule has 0 unspecified atom stereocenters. The molecule has 0 aliphatic rings. The van der Waals surface area contributed by atoms with E-state index in [-0.39, 0.29) is 23.6 Å². The van der Waals surface area contributed by atoms with E-state index < -0.39 is 11.7 Å². The highest BCUT2D eigenvalue weighted by atomic mass is 35.5. The third-order valence-electron chi connectivity index (χ3n) is 4.51. The second-order valence-corrected chi connectivity index (χ2v) is 7.89. The van der Waals surface area contributed by atoms with Crippen LogP contribution in [0, 0.1) is 0 Å². The highest BCUT2D eigenvalue weighted by molar-refractivity contribution is 6.55. The van der Waals surface area contributed by atoms with Crippen molar-refractivity contribution < 1.29 is 36.9 Å². The van der Waals surface area contributed by atoms with Crippen molar-refractivity contribution in [1.29, 1.82) is 0 Å². The summed E-state index contributed by atoms with van der Waals surface area (Å²) in [5.41, 5.74) is -0.0525. The normalized spacial score (nSPS) is 10.9. The Morgan fingerprint density at radius 3 is 2.09 bits per heavy atom. The minimum Gasteiger partial charge on any atom is -0.493 e. The number of nitrogens with zero attached hydrogens (tertiary/aromatic N) is 1. The van der Waals surface area contributed by atoms with Crippen molar-refractivity contribution in [3.63, 3.8) is 0 Å². The van der Waals surface area contributed by atoms with Gasteiger partial charge in [-0.2, -0.15) is 13.2 Å². The predicted octanol–water partition coefficient (Wildman–Crippen LogP) is 7.19. The molecule has 0 aliphatic heterocycles. The van der Waals surface area contributed by atoms with Crippen molar-refractivity contribution in [2.45, 2.75) is 12.8 Å². The Kier molecular flexibility index (Phi) is 8.95. The highest BCUT2D eigenvalue weighted by Crippen LogP contribution is 2.41. The van der Waals surface area contributed by atoms with Gasteiger partial charge in [0.15, 0.2) is 11.5 Å². The molecule has 1 aromatic heterocycles. The van der Waals surface area contributed by atoms with Crippen LogP contribution in [0.5, 0.6) is 34.6 Å². The van der Waals surface area contributed by atoms with Crippen LogP contribution in [-0.4, -0.2) is 25.8 Å². The largest absolute Gasteiger partial charge is 0.493 e. The average Bonchev–Trinajstić information content (AvgIpc) is 2.83. The number of hydrogen-bond acceptors (Lipinski definition) is 6. The molecule has 6 nitrogen and oxygen atoms in total. The highest BCUT2D eigenvalue weighted by Gasteiger charge is 2.30. The van der Waals surface area contributed by atoms with Gasteiger partial charge in [-0.25, -0.2) is 4.98 Å². The molecule has 0 radical (unpaired) electrons. The lowest BCUT2D eigenvalue weighted by Crippen LogP contribution is -2.05. The number of halogens is 5. The molecule has 0 fully saturated rings. The van der Waals surface area contributed by atoms with E-state index >= 15 is 0 Å². The van der Waals surface area contributed by atoms with Crippen LogP contribution in [0.3, 0.4) is 0 Å². The maximum atomic E-state index is 12.7. The molecular formula is C24H20Cl2F3NO5. The number of ether oxygens (including phenoxy) is 5. The summed E-state index contributed by atoms with van der Waals surface area (Å²) in [4.78, 5) is 3.69. The van der Waals surface area contributed by atoms with E-state index in [0.717, 1.165) is 23.9 Å². The number of rotatable bonds is 10. The number of alkyl halides is 3. The average molecular weight is 530 g/mol. The van der Waals surface area contributed by atoms with Crippen LogP contribution >= 0.6 is 23.2 Å². The summed E-state index contributed by atoms with van der Waals surface area (Å²) in [6.45, 7) is 0.335. The molecule has 3 aromatic rings. The van der Waals surface area contributed by atoms with Gasteiger partial charge in [-0.05, 0) is 29.8 Å². The van der Waals surface area contributed by atoms with Crippen molar-refractivity contribution in [1.82, 2.24) is 4.98 Å². The van der Waals surface area contributed by atoms with Gasteiger partial charge in [-0.3, -0.25) is 0 Å². The van der Waals surface area contributed by atoms with Gasteiger partial charge in [-0.1, -0.05) is 35.3 Å². The van der Waals surface area contributed by atoms with Gasteiger partial charge in [0.25, 0.3) is 0 Å². The van der Waals surface area contributed by atoms with E-state index in [1.165, 1.54) is 20.3 Å². The van der Waals surface area contributed by atoms with E-state index in [0.29, 0.717) is 28.7 Å². The number of hydrogen-bond donors (Lipinski definition) is 0. The van der Waals surface area contributed by atoms with E-state index in [1.54, 1.807) is 36.4 Å². The quantitative estimate of drug-likeness (QED) is 0.277. The fourth-order valence-corrected chi connectivity index (χ4v) is 2.95. The first kappa shape index (κ1) is 26.3. The zero-order chi connectivity index (χ0) is 25.4. The Balaban J connectivity index is 1.65. The van der Waals surface area contributed by atoms with Crippen molar-refractivity contribution in [2.24, 2.45) is 0 Å². The molecule has 3 rings (SSSR count). The molecule has 0 saturated carbocycles. The monoisotopic (exact) mass is 529 g/mol. The van der Waals surface area contributed by atoms with Crippen molar-refractivity contribution in [3.05, 3.63) is 76.4 Å². The first-order valence-corrected chi connectivity index (χ1v) is 10.8. The summed E-state index contributed by atoms with van der Waals surface area (Å²) in [5.74, 6) is 2.09. The summed E-state index contributed by atoms with van der Waals surface area (Å²) in [6.07, 6.45) is -2.24. The molecule has 186 valence electrons. The topological polar surface area (TPSA) is 59.0 Å². The fourth-order valence-electron chi connectivity index (χ4n) is 2.82. The number of methoxy groups -OCH3 is 2. The van der Waals surface area contributed by atoms with Gasteiger partial charge < -0.3 is 23.7 Å². The number of pyridine rings is 1. The molecule has 0 saturated heterocycles. The Morgan fingerprint density at radius 1 is 0.914 bits per heavy atom. The van der Waals surface area contributed by atoms with Crippen LogP contribution < -0.4 is 23.7 Å². The molecule has 0 aliphatic carbocycles. The van der Waals surface area contributed by atoms with Gasteiger partial charge >= 0.3 is 6.18 Å². The number of benzene rings is 2. The second-order valence-electron chi connectivity index (χ2n) is 6.88. The Bertz CT molecular complexity index is 1120. The Labute approximate surface area is 209 Å². The maximum Gasteiger partial charge on any atom is 0.417 e. The molecule has 11 heteroatoms. The summed E-state index contributed by atoms with van der Waals surface area (Å²) < 4.78 is 65.9. The third kappa shape index (κ3) is 7.60. The van der Waals surface area contributed by atoms with Gasteiger partial charge in [0.05, 0.1) is 19.8 Å². The van der Waals surface area contributed by atoms with Crippen molar-refractivity contribution >= 4 is 23.2 Å². The van der Waals surface area contributed by atoms with E-state index in [2.05, 4.69) is 4.98 Å². The zero-order valence-electron chi connectivity index (χ0n) is 18.6. The lowest BCUT2D eigenvalue weighted by Gasteiger charge is -2.16. The standard InChI is InChI=1S/C24H20Cl2F3NO5/c1-31-19-11-18(33-10-9-21(25)26)12-20(32-2)23(19)34-14-15-3-6-17(7-4-15)35-22-8-5-16(13-30-22)24(27,28)29/h3-9,11-13H,10,14H2,1-2H3. The smallest absolute Gasteiger partial charge is 0.417 e. The summed E-state index contributed by atoms with van der Waals surface area (Å²) in [6, 6.07) is 12.1. The van der Waals surface area contributed by atoms with Crippen molar-refractivity contribution in [2.75, 3.05) is 20.8 Å². The summed E-state index contributed by atoms with van der Waals surface area (Å²) in [5, 5.41) is 0. The maximum absolute atomic E-state index is 12.7. The summed E-state index contributed by atoms with van der Waals surface area (Å²) >= 11 is 11.2. The van der Waals surface area contributed by atoms with E-state index in [4.69, 9.17) is 46.9 Å². The van der Waals surface area contributed by atoms with Crippen LogP contribution in [0.2, 0.25) is 0 Å². The van der Waals surface area contributed by atoms with Crippen LogP contribution in [0.4, 0.5) is 13.2 Å². The molecule has 0 bridgehead atoms. The molecule has 2 aromatic carbocycles. The third-order valence-corrected chi connectivity index (χ3v) is 4.82. The molecule has 1 heterocycles. The molecule has 0 atom stereocenters. The van der Waals surface area contributed by atoms with Gasteiger partial charge in [0.1, 0.15) is 29.2 Å². The fraction of sp³-hybridized carbons (Fsp3) is 0.208. The summed E-state index contributed by atoms with van der Waals surface area (Å²) in [7, 11) is 2.98. The molecule has 0 amide bonds. The van der Waals surface area contributed by atoms with Crippen LogP contribution in [0.25, 0.3) is 0 Å². The van der Waals surface area contributed by atoms with Crippen LogP contribution in [0.1, 0.15) is 11.1 Å². The molecule has 35 heavy (non-hydrogen) atoms.